The fourth-order valence-electron chi connectivity index (χ4n) is 3.83. The van der Waals surface area contributed by atoms with Gasteiger partial charge in [0.05, 0.1) is 5.69 Å². The van der Waals surface area contributed by atoms with Gasteiger partial charge in [-0.3, -0.25) is 4.79 Å². The molecular weight excluding hydrogens is 389 g/mol. The van der Waals surface area contributed by atoms with Crippen LogP contribution in [-0.4, -0.2) is 23.4 Å². The predicted molar refractivity (Wildman–Crippen MR) is 123 cm³/mol. The van der Waals surface area contributed by atoms with E-state index < -0.39 is 0 Å². The van der Waals surface area contributed by atoms with E-state index in [9.17, 15) is 14.4 Å². The molecule has 0 radical (unpaired) electrons. The summed E-state index contributed by atoms with van der Waals surface area (Å²) in [6.07, 6.45) is 1.60. The Balaban J connectivity index is 1.96. The number of benzene rings is 2. The second-order valence-electron chi connectivity index (χ2n) is 7.33. The fraction of sp³-hybridized carbons (Fsp3) is 0.231. The summed E-state index contributed by atoms with van der Waals surface area (Å²) >= 11 is 0. The summed E-state index contributed by atoms with van der Waals surface area (Å²) < 4.78 is 16.0. The number of nitrogens with zero attached hydrogens (tertiary/aromatic N) is 3. The van der Waals surface area contributed by atoms with Crippen LogP contribution in [0.2, 0.25) is 0 Å². The maximum Gasteiger partial charge on any atom is 0.205 e. The molecule has 0 saturated carbocycles. The van der Waals surface area contributed by atoms with Gasteiger partial charge in [-0.05, 0) is 69.7 Å². The molecule has 3 rings (SSSR count). The van der Waals surface area contributed by atoms with E-state index in [2.05, 4.69) is 18.7 Å². The topological polar surface area (TPSA) is 49.0 Å². The number of anilines is 1. The smallest absolute Gasteiger partial charge is 0.205 e. The molecule has 5 heteroatoms. The Bertz CT molecular complexity index is 1160. The number of aryl methyl sites for hydroxylation is 1. The van der Waals surface area contributed by atoms with Crippen molar-refractivity contribution in [2.45, 2.75) is 27.7 Å². The van der Waals surface area contributed by atoms with E-state index in [4.69, 9.17) is 0 Å². The fourth-order valence-corrected chi connectivity index (χ4v) is 3.83. The number of allylic oxidation sites excluding steroid dienone is 1. The van der Waals surface area contributed by atoms with E-state index in [-0.39, 0.29) is 17.2 Å². The maximum atomic E-state index is 14.3. The minimum atomic E-state index is -0.369. The van der Waals surface area contributed by atoms with Gasteiger partial charge in [0.25, 0.3) is 0 Å². The Kier molecular flexibility index (Phi) is 6.71. The highest BCUT2D eigenvalue weighted by atomic mass is 19.1. The van der Waals surface area contributed by atoms with Crippen LogP contribution in [0.4, 0.5) is 10.1 Å². The van der Waals surface area contributed by atoms with Crippen LogP contribution in [-0.2, 0) is 0 Å². The van der Waals surface area contributed by atoms with Crippen LogP contribution in [0.25, 0.3) is 11.8 Å². The van der Waals surface area contributed by atoms with Crippen LogP contribution >= 0.6 is 0 Å². The second kappa shape index (κ2) is 9.44. The summed E-state index contributed by atoms with van der Waals surface area (Å²) in [6.45, 7) is 9.60. The van der Waals surface area contributed by atoms with Crippen molar-refractivity contribution < 1.29 is 9.18 Å². The van der Waals surface area contributed by atoms with E-state index in [0.29, 0.717) is 16.9 Å². The summed E-state index contributed by atoms with van der Waals surface area (Å²) in [6, 6.07) is 18.0. The van der Waals surface area contributed by atoms with Crippen molar-refractivity contribution in [3.8, 4) is 11.8 Å². The molecule has 0 aliphatic rings. The van der Waals surface area contributed by atoms with Gasteiger partial charge in [-0.1, -0.05) is 24.3 Å². The number of para-hydroxylation sites is 1. The lowest BCUT2D eigenvalue weighted by molar-refractivity contribution is 0.103. The minimum absolute atomic E-state index is 0.0457. The van der Waals surface area contributed by atoms with Crippen molar-refractivity contribution in [2.24, 2.45) is 0 Å². The number of halogens is 1. The van der Waals surface area contributed by atoms with Gasteiger partial charge in [0.1, 0.15) is 17.5 Å². The Morgan fingerprint density at radius 2 is 1.74 bits per heavy atom. The Morgan fingerprint density at radius 3 is 2.32 bits per heavy atom. The lowest BCUT2D eigenvalue weighted by Gasteiger charge is -2.20. The summed E-state index contributed by atoms with van der Waals surface area (Å²) in [5.41, 5.74) is 4.03. The zero-order valence-corrected chi connectivity index (χ0v) is 18.3. The molecule has 1 heterocycles. The minimum Gasteiger partial charge on any atom is -0.372 e. The van der Waals surface area contributed by atoms with Crippen LogP contribution < -0.4 is 4.90 Å². The van der Waals surface area contributed by atoms with Gasteiger partial charge in [-0.2, -0.15) is 5.26 Å². The number of carbonyl (C=O) groups excluding carboxylic acids is 1. The third-order valence-electron chi connectivity index (χ3n) is 5.47. The first-order valence-electron chi connectivity index (χ1n) is 10.4. The molecule has 0 bridgehead atoms. The average Bonchev–Trinajstić information content (AvgIpc) is 3.07. The molecule has 0 fully saturated rings. The molecule has 0 amide bonds. The number of hydrogen-bond acceptors (Lipinski definition) is 3. The number of hydrogen-bond donors (Lipinski definition) is 0. The standard InChI is InChI=1S/C26H26FN3O/c1-5-29(6-2)22-13-11-20(12-14-22)16-21(17-28)26(31)23-15-18(3)30(19(23)4)25-10-8-7-9-24(25)27/h7-16H,5-6H2,1-4H3. The SMILES string of the molecule is CCN(CC)c1ccc(C=C(C#N)C(=O)c2cc(C)n(-c3ccccc3F)c2C)cc1. The normalized spacial score (nSPS) is 11.3. The summed E-state index contributed by atoms with van der Waals surface area (Å²) in [5.74, 6) is -0.737. The predicted octanol–water partition coefficient (Wildman–Crippen LogP) is 5.87. The highest BCUT2D eigenvalue weighted by molar-refractivity contribution is 6.14. The molecule has 4 nitrogen and oxygen atoms in total. The van der Waals surface area contributed by atoms with Crippen molar-refractivity contribution in [3.63, 3.8) is 0 Å². The number of rotatable bonds is 7. The van der Waals surface area contributed by atoms with Gasteiger partial charge >= 0.3 is 0 Å². The maximum absolute atomic E-state index is 14.3. The van der Waals surface area contributed by atoms with E-state index in [0.717, 1.165) is 30.0 Å². The van der Waals surface area contributed by atoms with Crippen molar-refractivity contribution in [1.82, 2.24) is 4.57 Å². The number of nitriles is 1. The second-order valence-corrected chi connectivity index (χ2v) is 7.33. The highest BCUT2D eigenvalue weighted by Crippen LogP contribution is 2.25. The molecule has 0 unspecified atom stereocenters. The molecule has 0 atom stereocenters. The third kappa shape index (κ3) is 4.44. The van der Waals surface area contributed by atoms with Crippen molar-refractivity contribution in [3.05, 3.63) is 88.5 Å². The van der Waals surface area contributed by atoms with Gasteiger partial charge in [-0.15, -0.1) is 0 Å². The van der Waals surface area contributed by atoms with Gasteiger partial charge in [0.15, 0.2) is 0 Å². The van der Waals surface area contributed by atoms with E-state index >= 15 is 0 Å². The lowest BCUT2D eigenvalue weighted by atomic mass is 10.0. The molecule has 158 valence electrons. The molecule has 0 aliphatic heterocycles. The molecule has 1 aromatic heterocycles. The Morgan fingerprint density at radius 1 is 1.10 bits per heavy atom. The Labute approximate surface area is 182 Å². The average molecular weight is 416 g/mol. The third-order valence-corrected chi connectivity index (χ3v) is 5.47. The van der Waals surface area contributed by atoms with Crippen molar-refractivity contribution in [2.75, 3.05) is 18.0 Å². The zero-order valence-electron chi connectivity index (χ0n) is 18.3. The largest absolute Gasteiger partial charge is 0.372 e. The van der Waals surface area contributed by atoms with Gasteiger partial charge in [-0.25, -0.2) is 4.39 Å². The number of carbonyl (C=O) groups is 1. The zero-order chi connectivity index (χ0) is 22.5. The molecule has 0 aliphatic carbocycles. The van der Waals surface area contributed by atoms with E-state index in [1.54, 1.807) is 41.8 Å². The molecular formula is C26H26FN3O. The summed E-state index contributed by atoms with van der Waals surface area (Å²) in [4.78, 5) is 15.4. The van der Waals surface area contributed by atoms with Gasteiger partial charge in [0, 0.05) is 35.7 Å². The molecule has 0 spiro atoms. The molecule has 0 N–H and O–H groups in total. The van der Waals surface area contributed by atoms with Gasteiger partial charge in [0.2, 0.25) is 5.78 Å². The number of aromatic nitrogens is 1. The van der Waals surface area contributed by atoms with Crippen LogP contribution in [0.5, 0.6) is 0 Å². The molecule has 31 heavy (non-hydrogen) atoms. The monoisotopic (exact) mass is 415 g/mol. The summed E-state index contributed by atoms with van der Waals surface area (Å²) in [5, 5.41) is 9.65. The lowest BCUT2D eigenvalue weighted by Crippen LogP contribution is -2.21. The van der Waals surface area contributed by atoms with Crippen LogP contribution in [0, 0.1) is 31.0 Å². The van der Waals surface area contributed by atoms with E-state index in [1.165, 1.54) is 6.07 Å². The summed E-state index contributed by atoms with van der Waals surface area (Å²) in [7, 11) is 0. The first kappa shape index (κ1) is 22.0. The number of Topliss-reactive ketones (excluding diaryl/α,β-unsaturated/α-hetero) is 1. The molecule has 3 aromatic rings. The quantitative estimate of drug-likeness (QED) is 0.275. The number of ketones is 1. The van der Waals surface area contributed by atoms with Crippen molar-refractivity contribution >= 4 is 17.5 Å². The first-order valence-corrected chi connectivity index (χ1v) is 10.4. The first-order chi connectivity index (χ1) is 14.9. The van der Waals surface area contributed by atoms with Gasteiger partial charge < -0.3 is 9.47 Å². The molecule has 0 saturated heterocycles. The van der Waals surface area contributed by atoms with Crippen LogP contribution in [0.1, 0.15) is 41.2 Å². The molecule has 2 aromatic carbocycles. The van der Waals surface area contributed by atoms with E-state index in [1.807, 2.05) is 37.3 Å². The van der Waals surface area contributed by atoms with Crippen LogP contribution in [0.15, 0.2) is 60.2 Å². The van der Waals surface area contributed by atoms with Crippen LogP contribution in [0.3, 0.4) is 0 Å². The Hall–Kier alpha value is -3.65. The highest BCUT2D eigenvalue weighted by Gasteiger charge is 2.21. The van der Waals surface area contributed by atoms with Crippen molar-refractivity contribution in [1.29, 1.82) is 5.26 Å².